The standard InChI is InChI=1S/C13H17BrO9/c1-5(15)19-9-10(20-6(2)16)12(14)23-13(22-8(4)18)11(9)21-7(3)17/h9-13H,1-4H3/t9?,10-,11-,12+,13?/m1/s1. The van der Waals surface area contributed by atoms with E-state index in [1.165, 1.54) is 0 Å². The van der Waals surface area contributed by atoms with Crippen LogP contribution in [0, 0.1) is 0 Å². The molecule has 0 aromatic rings. The first-order chi connectivity index (χ1) is 10.6. The Morgan fingerprint density at radius 1 is 0.696 bits per heavy atom. The summed E-state index contributed by atoms with van der Waals surface area (Å²) in [5, 5.41) is -0.952. The monoisotopic (exact) mass is 396 g/mol. The smallest absolute Gasteiger partial charge is 0.305 e. The molecule has 0 saturated carbocycles. The SMILES string of the molecule is CC(=O)OC1O[C@H](Br)[C@H](OC(C)=O)C(OC(C)=O)[C@H]1OC(C)=O. The summed E-state index contributed by atoms with van der Waals surface area (Å²) < 4.78 is 25.5. The number of hydrogen-bond donors (Lipinski definition) is 0. The highest BCUT2D eigenvalue weighted by Gasteiger charge is 2.52. The average Bonchev–Trinajstić information content (AvgIpc) is 2.36. The summed E-state index contributed by atoms with van der Waals surface area (Å²) in [5.41, 5.74) is 0. The Kier molecular flexibility index (Phi) is 6.95. The number of halogens is 1. The molecule has 1 aliphatic heterocycles. The molecule has 0 N–H and O–H groups in total. The van der Waals surface area contributed by atoms with E-state index in [0.29, 0.717) is 0 Å². The molecule has 0 aromatic heterocycles. The first-order valence-electron chi connectivity index (χ1n) is 6.60. The summed E-state index contributed by atoms with van der Waals surface area (Å²) in [6.45, 7) is 4.55. The number of carbonyl (C=O) groups excluding carboxylic acids is 4. The molecule has 0 spiro atoms. The van der Waals surface area contributed by atoms with E-state index in [2.05, 4.69) is 15.9 Å². The van der Waals surface area contributed by atoms with Crippen LogP contribution < -0.4 is 0 Å². The van der Waals surface area contributed by atoms with Crippen molar-refractivity contribution in [1.82, 2.24) is 0 Å². The number of ether oxygens (including phenoxy) is 5. The molecule has 1 fully saturated rings. The van der Waals surface area contributed by atoms with Crippen molar-refractivity contribution in [2.75, 3.05) is 0 Å². The molecule has 2 unspecified atom stereocenters. The highest BCUT2D eigenvalue weighted by atomic mass is 79.9. The van der Waals surface area contributed by atoms with Crippen molar-refractivity contribution in [3.05, 3.63) is 0 Å². The van der Waals surface area contributed by atoms with Crippen LogP contribution in [0.3, 0.4) is 0 Å². The molecule has 1 saturated heterocycles. The van der Waals surface area contributed by atoms with Gasteiger partial charge in [-0.05, 0) is 0 Å². The maximum atomic E-state index is 11.3. The van der Waals surface area contributed by atoms with E-state index in [9.17, 15) is 19.2 Å². The Labute approximate surface area is 140 Å². The summed E-state index contributed by atoms with van der Waals surface area (Å²) in [4.78, 5) is 45.1. The van der Waals surface area contributed by atoms with Gasteiger partial charge >= 0.3 is 23.9 Å². The van der Waals surface area contributed by atoms with Gasteiger partial charge in [0.25, 0.3) is 0 Å². The molecule has 10 heteroatoms. The Bertz CT molecular complexity index is 492. The number of carbonyl (C=O) groups is 4. The molecule has 0 bridgehead atoms. The van der Waals surface area contributed by atoms with Gasteiger partial charge in [-0.3, -0.25) is 19.2 Å². The fraction of sp³-hybridized carbons (Fsp3) is 0.692. The van der Waals surface area contributed by atoms with Crippen LogP contribution in [-0.2, 0) is 42.9 Å². The molecule has 5 atom stereocenters. The van der Waals surface area contributed by atoms with E-state index in [-0.39, 0.29) is 0 Å². The number of rotatable bonds is 4. The molecule has 0 aromatic carbocycles. The number of hydrogen-bond acceptors (Lipinski definition) is 9. The van der Waals surface area contributed by atoms with Crippen molar-refractivity contribution in [3.63, 3.8) is 0 Å². The van der Waals surface area contributed by atoms with Gasteiger partial charge in [-0.1, -0.05) is 15.9 Å². The topological polar surface area (TPSA) is 114 Å². The van der Waals surface area contributed by atoms with Crippen molar-refractivity contribution < 1.29 is 42.9 Å². The first-order valence-corrected chi connectivity index (χ1v) is 7.51. The van der Waals surface area contributed by atoms with E-state index in [4.69, 9.17) is 23.7 Å². The molecular weight excluding hydrogens is 380 g/mol. The van der Waals surface area contributed by atoms with Crippen molar-refractivity contribution in [2.24, 2.45) is 0 Å². The summed E-state index contributed by atoms with van der Waals surface area (Å²) >= 11 is 3.12. The molecule has 1 heterocycles. The quantitative estimate of drug-likeness (QED) is 0.378. The van der Waals surface area contributed by atoms with Crippen LogP contribution in [0.15, 0.2) is 0 Å². The minimum atomic E-state index is -1.34. The number of esters is 4. The van der Waals surface area contributed by atoms with Crippen molar-refractivity contribution >= 4 is 39.8 Å². The third kappa shape index (κ3) is 5.79. The highest BCUT2D eigenvalue weighted by molar-refractivity contribution is 9.09. The molecule has 1 aliphatic rings. The van der Waals surface area contributed by atoms with Gasteiger partial charge in [-0.15, -0.1) is 0 Å². The third-order valence-corrected chi connectivity index (χ3v) is 3.36. The predicted molar refractivity (Wildman–Crippen MR) is 76.0 cm³/mol. The van der Waals surface area contributed by atoms with Crippen molar-refractivity contribution in [1.29, 1.82) is 0 Å². The maximum absolute atomic E-state index is 11.3. The fourth-order valence-corrected chi connectivity index (χ4v) is 2.61. The molecular formula is C13H17BrO9. The van der Waals surface area contributed by atoms with Gasteiger partial charge in [-0.25, -0.2) is 0 Å². The van der Waals surface area contributed by atoms with Gasteiger partial charge in [0, 0.05) is 27.7 Å². The molecule has 0 amide bonds. The van der Waals surface area contributed by atoms with Crippen LogP contribution in [0.5, 0.6) is 0 Å². The third-order valence-electron chi connectivity index (χ3n) is 2.63. The highest BCUT2D eigenvalue weighted by Crippen LogP contribution is 2.32. The van der Waals surface area contributed by atoms with E-state index in [0.717, 1.165) is 27.7 Å². The Morgan fingerprint density at radius 3 is 1.52 bits per heavy atom. The summed E-state index contributed by atoms with van der Waals surface area (Å²) in [5.74, 6) is -2.78. The van der Waals surface area contributed by atoms with Gasteiger partial charge in [0.1, 0.15) is 0 Å². The Balaban J connectivity index is 3.15. The molecule has 130 valence electrons. The van der Waals surface area contributed by atoms with Crippen LogP contribution in [0.25, 0.3) is 0 Å². The summed E-state index contributed by atoms with van der Waals surface area (Å²) in [6, 6.07) is 0. The molecule has 0 aliphatic carbocycles. The Morgan fingerprint density at radius 2 is 1.09 bits per heavy atom. The normalized spacial score (nSPS) is 30.0. The van der Waals surface area contributed by atoms with Crippen LogP contribution in [0.4, 0.5) is 0 Å². The van der Waals surface area contributed by atoms with Crippen molar-refractivity contribution in [2.45, 2.75) is 57.3 Å². The van der Waals surface area contributed by atoms with E-state index >= 15 is 0 Å². The minimum absolute atomic E-state index is 0.660. The Hall–Kier alpha value is -1.68. The lowest BCUT2D eigenvalue weighted by Crippen LogP contribution is -2.60. The second-order valence-corrected chi connectivity index (χ2v) is 5.59. The summed E-state index contributed by atoms with van der Waals surface area (Å²) in [7, 11) is 0. The summed E-state index contributed by atoms with van der Waals surface area (Å²) in [6.07, 6.45) is -4.95. The van der Waals surface area contributed by atoms with Crippen molar-refractivity contribution in [3.8, 4) is 0 Å². The molecule has 0 radical (unpaired) electrons. The largest absolute Gasteiger partial charge is 0.455 e. The second kappa shape index (κ2) is 8.25. The minimum Gasteiger partial charge on any atom is -0.455 e. The van der Waals surface area contributed by atoms with Crippen LogP contribution in [0.1, 0.15) is 27.7 Å². The second-order valence-electron chi connectivity index (χ2n) is 4.69. The molecule has 1 rings (SSSR count). The van der Waals surface area contributed by atoms with Gasteiger partial charge in [0.05, 0.1) is 0 Å². The maximum Gasteiger partial charge on any atom is 0.305 e. The van der Waals surface area contributed by atoms with Gasteiger partial charge in [-0.2, -0.15) is 0 Å². The molecule has 23 heavy (non-hydrogen) atoms. The zero-order chi connectivity index (χ0) is 17.7. The van der Waals surface area contributed by atoms with E-state index < -0.39 is 53.5 Å². The lowest BCUT2D eigenvalue weighted by atomic mass is 10.0. The van der Waals surface area contributed by atoms with Crippen LogP contribution in [0.2, 0.25) is 0 Å². The fourth-order valence-electron chi connectivity index (χ4n) is 1.98. The first kappa shape index (κ1) is 19.4. The van der Waals surface area contributed by atoms with Gasteiger partial charge < -0.3 is 23.7 Å². The van der Waals surface area contributed by atoms with Gasteiger partial charge in [0.15, 0.2) is 17.2 Å². The van der Waals surface area contributed by atoms with Gasteiger partial charge in [0.2, 0.25) is 12.4 Å². The average molecular weight is 397 g/mol. The van der Waals surface area contributed by atoms with E-state index in [1.54, 1.807) is 0 Å². The van der Waals surface area contributed by atoms with Crippen LogP contribution in [-0.4, -0.2) is 53.5 Å². The zero-order valence-corrected chi connectivity index (χ0v) is 14.5. The number of alkyl halides is 1. The lowest BCUT2D eigenvalue weighted by Gasteiger charge is -2.42. The predicted octanol–water partition coefficient (Wildman–Crippen LogP) is 0.422. The van der Waals surface area contributed by atoms with E-state index in [1.807, 2.05) is 0 Å². The lowest BCUT2D eigenvalue weighted by molar-refractivity contribution is -0.279. The van der Waals surface area contributed by atoms with Crippen LogP contribution >= 0.6 is 15.9 Å². The zero-order valence-electron chi connectivity index (χ0n) is 12.9. The molecule has 9 nitrogen and oxygen atoms in total.